The first kappa shape index (κ1) is 12.1. The zero-order valence-electron chi connectivity index (χ0n) is 9.28. The number of hydrogen-bond donors (Lipinski definition) is 0. The molecule has 0 amide bonds. The van der Waals surface area contributed by atoms with Crippen molar-refractivity contribution >= 4 is 11.0 Å². The Kier molecular flexibility index (Phi) is 4.15. The Morgan fingerprint density at radius 3 is 2.60 bits per heavy atom. The predicted molar refractivity (Wildman–Crippen MR) is 58.1 cm³/mol. The molecule has 0 spiro atoms. The van der Waals surface area contributed by atoms with E-state index in [9.17, 15) is 0 Å². The molecule has 0 aliphatic carbocycles. The zero-order valence-corrected chi connectivity index (χ0v) is 10.0. The minimum atomic E-state index is 0. The van der Waals surface area contributed by atoms with Gasteiger partial charge in [0.05, 0.1) is 13.1 Å². The lowest BCUT2D eigenvalue weighted by Gasteiger charge is -1.91. The van der Waals surface area contributed by atoms with Crippen LogP contribution in [0.1, 0.15) is 20.3 Å². The molecule has 0 unspecified atom stereocenters. The largest absolute Gasteiger partial charge is 1.00 e. The molecule has 3 heteroatoms. The summed E-state index contributed by atoms with van der Waals surface area (Å²) in [5.41, 5.74) is 2.68. The fraction of sp³-hybridized carbons (Fsp3) is 0.417. The Balaban J connectivity index is 0.00000112. The van der Waals surface area contributed by atoms with Gasteiger partial charge in [0, 0.05) is 0 Å². The topological polar surface area (TPSA) is 8.81 Å². The molecule has 1 heterocycles. The molecule has 1 aromatic heterocycles. The molecule has 15 heavy (non-hydrogen) atoms. The van der Waals surface area contributed by atoms with Crippen LogP contribution in [0.4, 0.5) is 0 Å². The Morgan fingerprint density at radius 1 is 1.20 bits per heavy atom. The van der Waals surface area contributed by atoms with Crippen LogP contribution in [0.5, 0.6) is 0 Å². The second-order valence-electron chi connectivity index (χ2n) is 3.58. The molecule has 0 fully saturated rings. The first-order chi connectivity index (χ1) is 6.86. The standard InChI is InChI=1S/C12H17N2.ClH/c1-3-9-14-10-13(4-2)11-7-5-6-8-12(11)14;/h5-8,10H,3-4,9H2,1-2H3;1H/q+1;/p-1. The smallest absolute Gasteiger partial charge is 0.244 e. The number of nitrogens with zero attached hydrogens (tertiary/aromatic N) is 2. The molecule has 0 N–H and O–H groups in total. The van der Waals surface area contributed by atoms with Gasteiger partial charge in [-0.15, -0.1) is 0 Å². The molecule has 0 aliphatic rings. The first-order valence-corrected chi connectivity index (χ1v) is 5.34. The molecule has 1 aromatic carbocycles. The van der Waals surface area contributed by atoms with Gasteiger partial charge in [0.1, 0.15) is 0 Å². The van der Waals surface area contributed by atoms with Crippen molar-refractivity contribution in [3.8, 4) is 0 Å². The summed E-state index contributed by atoms with van der Waals surface area (Å²) in [7, 11) is 0. The molecule has 2 nitrogen and oxygen atoms in total. The lowest BCUT2D eigenvalue weighted by atomic mass is 10.3. The highest BCUT2D eigenvalue weighted by Crippen LogP contribution is 2.10. The van der Waals surface area contributed by atoms with Crippen molar-refractivity contribution in [2.45, 2.75) is 33.4 Å². The molecule has 2 rings (SSSR count). The zero-order chi connectivity index (χ0) is 9.97. The highest BCUT2D eigenvalue weighted by Gasteiger charge is 2.11. The van der Waals surface area contributed by atoms with Crippen molar-refractivity contribution in [3.05, 3.63) is 30.6 Å². The Hall–Kier alpha value is -1.02. The van der Waals surface area contributed by atoms with Gasteiger partial charge in [-0.05, 0) is 25.5 Å². The molecule has 0 atom stereocenters. The van der Waals surface area contributed by atoms with Crippen molar-refractivity contribution in [1.82, 2.24) is 4.57 Å². The van der Waals surface area contributed by atoms with E-state index in [0.717, 1.165) is 13.1 Å². The van der Waals surface area contributed by atoms with Crippen LogP contribution in [0.2, 0.25) is 0 Å². The van der Waals surface area contributed by atoms with Gasteiger partial charge < -0.3 is 12.4 Å². The van der Waals surface area contributed by atoms with Crippen LogP contribution in [0.25, 0.3) is 11.0 Å². The summed E-state index contributed by atoms with van der Waals surface area (Å²) in [6, 6.07) is 8.58. The molecule has 0 saturated heterocycles. The molecule has 2 aromatic rings. The number of para-hydroxylation sites is 2. The highest BCUT2D eigenvalue weighted by atomic mass is 35.5. The van der Waals surface area contributed by atoms with Gasteiger partial charge in [0.15, 0.2) is 11.0 Å². The maximum atomic E-state index is 2.33. The van der Waals surface area contributed by atoms with E-state index in [-0.39, 0.29) is 12.4 Å². The molecule has 0 bridgehead atoms. The van der Waals surface area contributed by atoms with Crippen LogP contribution >= 0.6 is 0 Å². The van der Waals surface area contributed by atoms with Crippen molar-refractivity contribution in [2.75, 3.05) is 0 Å². The molecule has 0 saturated carbocycles. The highest BCUT2D eigenvalue weighted by molar-refractivity contribution is 5.71. The molecular formula is C12H17ClN2. The van der Waals surface area contributed by atoms with Crippen LogP contribution in [-0.2, 0) is 13.1 Å². The maximum Gasteiger partial charge on any atom is 0.244 e. The van der Waals surface area contributed by atoms with Gasteiger partial charge in [-0.2, -0.15) is 0 Å². The normalized spacial score (nSPS) is 10.3. The van der Waals surface area contributed by atoms with Gasteiger partial charge in [-0.1, -0.05) is 19.1 Å². The van der Waals surface area contributed by atoms with Gasteiger partial charge in [0.25, 0.3) is 0 Å². The number of imidazole rings is 1. The number of benzene rings is 1. The van der Waals surface area contributed by atoms with E-state index in [1.165, 1.54) is 17.5 Å². The third-order valence-corrected chi connectivity index (χ3v) is 2.58. The third kappa shape index (κ3) is 2.15. The monoisotopic (exact) mass is 224 g/mol. The summed E-state index contributed by atoms with van der Waals surface area (Å²) < 4.78 is 4.63. The Bertz CT molecular complexity index is 434. The average Bonchev–Trinajstić information content (AvgIpc) is 2.58. The average molecular weight is 225 g/mol. The molecule has 0 aliphatic heterocycles. The van der Waals surface area contributed by atoms with Crippen molar-refractivity contribution in [3.63, 3.8) is 0 Å². The lowest BCUT2D eigenvalue weighted by Crippen LogP contribution is -3.00. The van der Waals surface area contributed by atoms with Gasteiger partial charge in [0.2, 0.25) is 6.33 Å². The number of fused-ring (bicyclic) bond motifs is 1. The van der Waals surface area contributed by atoms with E-state index in [4.69, 9.17) is 0 Å². The van der Waals surface area contributed by atoms with E-state index >= 15 is 0 Å². The summed E-state index contributed by atoms with van der Waals surface area (Å²) >= 11 is 0. The Morgan fingerprint density at radius 2 is 1.93 bits per heavy atom. The van der Waals surface area contributed by atoms with Crippen molar-refractivity contribution in [1.29, 1.82) is 0 Å². The second kappa shape index (κ2) is 5.17. The summed E-state index contributed by atoms with van der Waals surface area (Å²) in [6.45, 7) is 6.54. The molecule has 0 radical (unpaired) electrons. The second-order valence-corrected chi connectivity index (χ2v) is 3.58. The third-order valence-electron chi connectivity index (χ3n) is 2.58. The molecule has 82 valence electrons. The molecular weight excluding hydrogens is 208 g/mol. The van der Waals surface area contributed by atoms with Gasteiger partial charge >= 0.3 is 0 Å². The van der Waals surface area contributed by atoms with Crippen LogP contribution in [0.3, 0.4) is 0 Å². The summed E-state index contributed by atoms with van der Waals surface area (Å²) in [5.74, 6) is 0. The number of aromatic nitrogens is 2. The van der Waals surface area contributed by atoms with E-state index in [1.54, 1.807) is 0 Å². The van der Waals surface area contributed by atoms with Gasteiger partial charge in [-0.3, -0.25) is 0 Å². The minimum absolute atomic E-state index is 0. The summed E-state index contributed by atoms with van der Waals surface area (Å²) in [6.07, 6.45) is 3.40. The van der Waals surface area contributed by atoms with Crippen LogP contribution in [0, 0.1) is 0 Å². The lowest BCUT2D eigenvalue weighted by molar-refractivity contribution is -0.672. The SMILES string of the molecule is CCC[n+]1cn(CC)c2ccccc21.[Cl-]. The fourth-order valence-corrected chi connectivity index (χ4v) is 1.91. The number of hydrogen-bond acceptors (Lipinski definition) is 0. The van der Waals surface area contributed by atoms with E-state index in [1.807, 2.05) is 0 Å². The Labute approximate surface area is 96.9 Å². The van der Waals surface area contributed by atoms with Gasteiger partial charge in [-0.25, -0.2) is 9.13 Å². The predicted octanol–water partition coefficient (Wildman–Crippen LogP) is -0.637. The summed E-state index contributed by atoms with van der Waals surface area (Å²) in [5, 5.41) is 0. The fourth-order valence-electron chi connectivity index (χ4n) is 1.91. The van der Waals surface area contributed by atoms with Crippen LogP contribution in [0.15, 0.2) is 30.6 Å². The number of halogens is 1. The van der Waals surface area contributed by atoms with E-state index in [2.05, 4.69) is 53.6 Å². The van der Waals surface area contributed by atoms with Crippen LogP contribution < -0.4 is 17.0 Å². The maximum absolute atomic E-state index is 2.33. The van der Waals surface area contributed by atoms with Crippen molar-refractivity contribution in [2.24, 2.45) is 0 Å². The minimum Gasteiger partial charge on any atom is -1.00 e. The van der Waals surface area contributed by atoms with Crippen molar-refractivity contribution < 1.29 is 17.0 Å². The van der Waals surface area contributed by atoms with E-state index < -0.39 is 0 Å². The first-order valence-electron chi connectivity index (χ1n) is 5.34. The quantitative estimate of drug-likeness (QED) is 0.614. The van der Waals surface area contributed by atoms with Crippen LogP contribution in [-0.4, -0.2) is 4.57 Å². The number of aryl methyl sites for hydroxylation is 2. The number of rotatable bonds is 3. The summed E-state index contributed by atoms with van der Waals surface area (Å²) in [4.78, 5) is 0. The van der Waals surface area contributed by atoms with E-state index in [0.29, 0.717) is 0 Å².